The fourth-order valence-electron chi connectivity index (χ4n) is 1.66. The van der Waals surface area contributed by atoms with Gasteiger partial charge in [-0.1, -0.05) is 28.1 Å². The lowest BCUT2D eigenvalue weighted by Crippen LogP contribution is -2.23. The monoisotopic (exact) mass is 375 g/mol. The van der Waals surface area contributed by atoms with E-state index in [4.69, 9.17) is 0 Å². The molecule has 1 atom stereocenters. The lowest BCUT2D eigenvalue weighted by Gasteiger charge is -2.22. The molecule has 0 saturated carbocycles. The Bertz CT molecular complexity index is 507. The smallest absolute Gasteiger partial charge is 0.123 e. The van der Waals surface area contributed by atoms with Gasteiger partial charge in [0.25, 0.3) is 0 Å². The van der Waals surface area contributed by atoms with Crippen molar-refractivity contribution in [2.75, 3.05) is 0 Å². The zero-order chi connectivity index (χ0) is 12.5. The summed E-state index contributed by atoms with van der Waals surface area (Å²) < 4.78 is 1.77. The molecule has 90 valence electrons. The van der Waals surface area contributed by atoms with Crippen molar-refractivity contribution in [2.24, 2.45) is 0 Å². The number of rotatable bonds is 3. The molecule has 1 aromatic heterocycles. The van der Waals surface area contributed by atoms with Crippen LogP contribution in [0.5, 0.6) is 0 Å². The van der Waals surface area contributed by atoms with Crippen molar-refractivity contribution in [3.05, 3.63) is 49.3 Å². The molecule has 0 radical (unpaired) electrons. The Kier molecular flexibility index (Phi) is 4.02. The Balaban J connectivity index is 2.23. The van der Waals surface area contributed by atoms with Crippen LogP contribution < -0.4 is 0 Å². The molecule has 2 rings (SSSR count). The third kappa shape index (κ3) is 3.16. The number of halogens is 2. The minimum atomic E-state index is -0.895. The van der Waals surface area contributed by atoms with Gasteiger partial charge < -0.3 is 5.11 Å². The van der Waals surface area contributed by atoms with Gasteiger partial charge in [0.2, 0.25) is 0 Å². The van der Waals surface area contributed by atoms with Crippen LogP contribution in [0.3, 0.4) is 0 Å². The lowest BCUT2D eigenvalue weighted by atomic mass is 9.95. The first-order valence-corrected chi connectivity index (χ1v) is 7.52. The fourth-order valence-corrected chi connectivity index (χ4v) is 3.61. The molecule has 17 heavy (non-hydrogen) atoms. The number of thiazole rings is 1. The van der Waals surface area contributed by atoms with E-state index in [0.29, 0.717) is 6.42 Å². The minimum absolute atomic E-state index is 0.571. The van der Waals surface area contributed by atoms with Crippen molar-refractivity contribution in [3.8, 4) is 0 Å². The molecule has 0 bridgehead atoms. The van der Waals surface area contributed by atoms with E-state index in [0.717, 1.165) is 19.5 Å². The van der Waals surface area contributed by atoms with Gasteiger partial charge in [0.15, 0.2) is 0 Å². The quantitative estimate of drug-likeness (QED) is 0.873. The van der Waals surface area contributed by atoms with Crippen LogP contribution in [0.25, 0.3) is 0 Å². The summed E-state index contributed by atoms with van der Waals surface area (Å²) in [7, 11) is 0. The Morgan fingerprint density at radius 1 is 1.29 bits per heavy atom. The molecule has 0 spiro atoms. The van der Waals surface area contributed by atoms with E-state index < -0.39 is 5.60 Å². The van der Waals surface area contributed by atoms with Gasteiger partial charge in [-0.15, -0.1) is 11.3 Å². The molecule has 0 amide bonds. The first-order valence-electron chi connectivity index (χ1n) is 5.05. The van der Waals surface area contributed by atoms with Crippen molar-refractivity contribution in [1.29, 1.82) is 0 Å². The first-order chi connectivity index (χ1) is 7.99. The molecule has 1 N–H and O–H groups in total. The van der Waals surface area contributed by atoms with Crippen LogP contribution in [-0.4, -0.2) is 10.1 Å². The van der Waals surface area contributed by atoms with E-state index in [1.165, 1.54) is 11.3 Å². The molecular weight excluding hydrogens is 366 g/mol. The molecule has 2 nitrogen and oxygen atoms in total. The Morgan fingerprint density at radius 2 is 1.94 bits per heavy atom. The van der Waals surface area contributed by atoms with Gasteiger partial charge in [-0.3, -0.25) is 0 Å². The van der Waals surface area contributed by atoms with Crippen LogP contribution in [0.4, 0.5) is 0 Å². The standard InChI is InChI=1S/C12H11Br2NOS/c1-12(16,10-11(14)15-7-17-10)6-8-2-4-9(13)5-3-8/h2-5,7,16H,6H2,1H3. The average Bonchev–Trinajstić information content (AvgIpc) is 2.68. The molecule has 0 saturated heterocycles. The van der Waals surface area contributed by atoms with Gasteiger partial charge >= 0.3 is 0 Å². The first kappa shape index (κ1) is 13.2. The van der Waals surface area contributed by atoms with Crippen molar-refractivity contribution in [3.63, 3.8) is 0 Å². The van der Waals surface area contributed by atoms with Gasteiger partial charge in [0.05, 0.1) is 10.4 Å². The van der Waals surface area contributed by atoms with E-state index in [9.17, 15) is 5.11 Å². The van der Waals surface area contributed by atoms with Crippen LogP contribution in [-0.2, 0) is 12.0 Å². The van der Waals surface area contributed by atoms with Crippen LogP contribution >= 0.6 is 43.2 Å². The van der Waals surface area contributed by atoms with Crippen LogP contribution in [0.2, 0.25) is 0 Å². The Hall–Kier alpha value is -0.230. The largest absolute Gasteiger partial charge is 0.384 e. The van der Waals surface area contributed by atoms with E-state index >= 15 is 0 Å². The maximum Gasteiger partial charge on any atom is 0.123 e. The topological polar surface area (TPSA) is 33.1 Å². The van der Waals surface area contributed by atoms with Crippen molar-refractivity contribution in [2.45, 2.75) is 18.9 Å². The molecule has 0 fully saturated rings. The van der Waals surface area contributed by atoms with E-state index in [-0.39, 0.29) is 0 Å². The molecule has 0 aliphatic carbocycles. The SMILES string of the molecule is CC(O)(Cc1ccc(Br)cc1)c1scnc1Br. The highest BCUT2D eigenvalue weighted by Crippen LogP contribution is 2.33. The van der Waals surface area contributed by atoms with E-state index in [1.807, 2.05) is 31.2 Å². The maximum atomic E-state index is 10.5. The lowest BCUT2D eigenvalue weighted by molar-refractivity contribution is 0.0605. The number of nitrogens with zero attached hydrogens (tertiary/aromatic N) is 1. The molecular formula is C12H11Br2NOS. The molecule has 1 aromatic carbocycles. The summed E-state index contributed by atoms with van der Waals surface area (Å²) >= 11 is 8.22. The summed E-state index contributed by atoms with van der Waals surface area (Å²) in [5, 5.41) is 10.5. The molecule has 0 aliphatic heterocycles. The molecule has 5 heteroatoms. The predicted octanol–water partition coefficient (Wildman–Crippen LogP) is 4.12. The van der Waals surface area contributed by atoms with Crippen LogP contribution in [0.15, 0.2) is 38.9 Å². The molecule has 1 unspecified atom stereocenters. The fraction of sp³-hybridized carbons (Fsp3) is 0.250. The molecule has 2 aromatic rings. The van der Waals surface area contributed by atoms with Gasteiger partial charge in [0, 0.05) is 10.9 Å². The Labute approximate surface area is 121 Å². The summed E-state index contributed by atoms with van der Waals surface area (Å²) in [6.07, 6.45) is 0.571. The number of benzene rings is 1. The maximum absolute atomic E-state index is 10.5. The number of hydrogen-bond acceptors (Lipinski definition) is 3. The number of hydrogen-bond donors (Lipinski definition) is 1. The average molecular weight is 377 g/mol. The zero-order valence-corrected chi connectivity index (χ0v) is 13.1. The minimum Gasteiger partial charge on any atom is -0.384 e. The summed E-state index contributed by atoms with van der Waals surface area (Å²) in [6, 6.07) is 7.97. The van der Waals surface area contributed by atoms with Crippen LogP contribution in [0, 0.1) is 0 Å². The predicted molar refractivity (Wildman–Crippen MR) is 77.2 cm³/mol. The third-order valence-corrected chi connectivity index (χ3v) is 4.95. The van der Waals surface area contributed by atoms with E-state index in [2.05, 4.69) is 36.8 Å². The highest BCUT2D eigenvalue weighted by molar-refractivity contribution is 9.10. The van der Waals surface area contributed by atoms with Crippen molar-refractivity contribution in [1.82, 2.24) is 4.98 Å². The second kappa shape index (κ2) is 5.18. The van der Waals surface area contributed by atoms with E-state index in [1.54, 1.807) is 5.51 Å². The van der Waals surface area contributed by atoms with Gasteiger partial charge in [0.1, 0.15) is 10.2 Å². The van der Waals surface area contributed by atoms with Gasteiger partial charge in [-0.25, -0.2) is 4.98 Å². The highest BCUT2D eigenvalue weighted by Gasteiger charge is 2.28. The summed E-state index contributed by atoms with van der Waals surface area (Å²) in [6.45, 7) is 1.81. The van der Waals surface area contributed by atoms with Crippen molar-refractivity contribution >= 4 is 43.2 Å². The summed E-state index contributed by atoms with van der Waals surface area (Å²) in [5.74, 6) is 0. The van der Waals surface area contributed by atoms with Crippen LogP contribution in [0.1, 0.15) is 17.4 Å². The third-order valence-electron chi connectivity index (χ3n) is 2.47. The number of aromatic nitrogens is 1. The number of aliphatic hydroxyl groups is 1. The molecule has 1 heterocycles. The van der Waals surface area contributed by atoms with Gasteiger partial charge in [-0.05, 0) is 40.5 Å². The summed E-state index contributed by atoms with van der Waals surface area (Å²) in [4.78, 5) is 4.97. The van der Waals surface area contributed by atoms with Gasteiger partial charge in [-0.2, -0.15) is 0 Å². The Morgan fingerprint density at radius 3 is 2.47 bits per heavy atom. The highest BCUT2D eigenvalue weighted by atomic mass is 79.9. The second-order valence-corrected chi connectivity index (χ2v) is 6.57. The molecule has 0 aliphatic rings. The van der Waals surface area contributed by atoms with Crippen molar-refractivity contribution < 1.29 is 5.11 Å². The zero-order valence-electron chi connectivity index (χ0n) is 9.15. The summed E-state index contributed by atoms with van der Waals surface area (Å²) in [5.41, 5.74) is 1.93. The normalized spacial score (nSPS) is 14.6. The second-order valence-electron chi connectivity index (χ2n) is 4.05.